The van der Waals surface area contributed by atoms with Crippen LogP contribution in [-0.2, 0) is 7.05 Å². The van der Waals surface area contributed by atoms with Crippen LogP contribution in [0, 0.1) is 14.2 Å². The van der Waals surface area contributed by atoms with E-state index in [1.54, 1.807) is 4.57 Å². The van der Waals surface area contributed by atoms with E-state index in [1.807, 2.05) is 7.05 Å². The lowest BCUT2D eigenvalue weighted by atomic mass is 10.5. The van der Waals surface area contributed by atoms with Crippen molar-refractivity contribution < 1.29 is 0 Å². The van der Waals surface area contributed by atoms with Crippen molar-refractivity contribution in [1.82, 2.24) is 19.5 Å². The van der Waals surface area contributed by atoms with Crippen molar-refractivity contribution in [3.8, 4) is 0 Å². The first-order valence-electron chi connectivity index (χ1n) is 3.51. The molecule has 0 aliphatic carbocycles. The second-order valence-electron chi connectivity index (χ2n) is 2.62. The Morgan fingerprint density at radius 2 is 1.77 bits per heavy atom. The van der Waals surface area contributed by atoms with E-state index in [0.29, 0.717) is 14.2 Å². The first-order chi connectivity index (χ1) is 6.09. The van der Waals surface area contributed by atoms with Gasteiger partial charge in [-0.3, -0.25) is 0 Å². The summed E-state index contributed by atoms with van der Waals surface area (Å²) in [5, 5.41) is 0. The summed E-state index contributed by atoms with van der Waals surface area (Å²) in [5.74, 6) is 0. The van der Waals surface area contributed by atoms with E-state index in [1.165, 1.54) is 0 Å². The van der Waals surface area contributed by atoms with E-state index in [0.717, 1.165) is 11.2 Å². The van der Waals surface area contributed by atoms with Gasteiger partial charge in [0.05, 0.1) is 0 Å². The number of imidazole rings is 1. The van der Waals surface area contributed by atoms with E-state index >= 15 is 0 Å². The fourth-order valence-electron chi connectivity index (χ4n) is 1.18. The monoisotopic (exact) mass is 230 g/mol. The summed E-state index contributed by atoms with van der Waals surface area (Å²) in [5.41, 5.74) is 1.61. The molecule has 0 saturated carbocycles. The first-order valence-corrected chi connectivity index (χ1v) is 4.73. The fraction of sp³-hybridized carbons (Fsp3) is 0.167. The number of aromatic amines is 3. The van der Waals surface area contributed by atoms with E-state index in [-0.39, 0.29) is 0 Å². The van der Waals surface area contributed by atoms with Crippen molar-refractivity contribution >= 4 is 47.8 Å². The number of hydrogen-bond donors (Lipinski definition) is 3. The first kappa shape index (κ1) is 8.79. The average Bonchev–Trinajstić information content (AvgIpc) is 2.27. The summed E-state index contributed by atoms with van der Waals surface area (Å²) >= 11 is 15.1. The number of H-pyrrole nitrogens is 3. The van der Waals surface area contributed by atoms with E-state index < -0.39 is 0 Å². The van der Waals surface area contributed by atoms with Gasteiger partial charge in [-0.25, -0.2) is 0 Å². The molecule has 0 aliphatic rings. The van der Waals surface area contributed by atoms with Crippen molar-refractivity contribution in [2.75, 3.05) is 0 Å². The number of aryl methyl sites for hydroxylation is 1. The molecule has 0 atom stereocenters. The Bertz CT molecular complexity index is 626. The molecular formula is C6H6N4S3. The lowest BCUT2D eigenvalue weighted by Gasteiger charge is -1.93. The summed E-state index contributed by atoms with van der Waals surface area (Å²) in [6, 6.07) is 0. The minimum atomic E-state index is 0.495. The molecule has 68 valence electrons. The largest absolute Gasteiger partial charge is 0.322 e. The van der Waals surface area contributed by atoms with Crippen LogP contribution in [0.3, 0.4) is 0 Å². The van der Waals surface area contributed by atoms with Crippen molar-refractivity contribution in [3.63, 3.8) is 0 Å². The summed E-state index contributed by atoms with van der Waals surface area (Å²) < 4.78 is 3.50. The highest BCUT2D eigenvalue weighted by Gasteiger charge is 2.02. The fourth-order valence-corrected chi connectivity index (χ4v) is 1.99. The van der Waals surface area contributed by atoms with Crippen LogP contribution in [0.4, 0.5) is 0 Å². The van der Waals surface area contributed by atoms with Crippen LogP contribution in [0.25, 0.3) is 11.2 Å². The summed E-state index contributed by atoms with van der Waals surface area (Å²) in [4.78, 5) is 8.77. The van der Waals surface area contributed by atoms with Crippen LogP contribution in [-0.4, -0.2) is 19.5 Å². The molecule has 0 aliphatic heterocycles. The van der Waals surface area contributed by atoms with Crippen molar-refractivity contribution in [2.45, 2.75) is 0 Å². The maximum Gasteiger partial charge on any atom is 0.179 e. The Hall–Kier alpha value is -0.790. The molecule has 3 N–H and O–H groups in total. The number of rotatable bonds is 0. The van der Waals surface area contributed by atoms with Crippen molar-refractivity contribution in [2.24, 2.45) is 7.05 Å². The van der Waals surface area contributed by atoms with Gasteiger partial charge in [-0.05, 0) is 24.4 Å². The molecule has 0 saturated heterocycles. The molecule has 2 rings (SSSR count). The van der Waals surface area contributed by atoms with Gasteiger partial charge in [0.1, 0.15) is 15.8 Å². The van der Waals surface area contributed by atoms with E-state index in [9.17, 15) is 0 Å². The third kappa shape index (κ3) is 1.28. The highest BCUT2D eigenvalue weighted by molar-refractivity contribution is 7.72. The Morgan fingerprint density at radius 3 is 2.46 bits per heavy atom. The zero-order valence-electron chi connectivity index (χ0n) is 6.67. The maximum atomic E-state index is 5.11. The summed E-state index contributed by atoms with van der Waals surface area (Å²) in [6.45, 7) is 0. The van der Waals surface area contributed by atoms with Crippen LogP contribution in [0.5, 0.6) is 0 Å². The van der Waals surface area contributed by atoms with Gasteiger partial charge in [0.2, 0.25) is 0 Å². The molecule has 4 nitrogen and oxygen atoms in total. The summed E-state index contributed by atoms with van der Waals surface area (Å²) in [6.07, 6.45) is 0. The molecule has 2 aromatic heterocycles. The average molecular weight is 230 g/mol. The summed E-state index contributed by atoms with van der Waals surface area (Å²) in [7, 11) is 1.85. The Labute approximate surface area is 88.6 Å². The third-order valence-electron chi connectivity index (χ3n) is 1.79. The third-order valence-corrected chi connectivity index (χ3v) is 2.66. The topological polar surface area (TPSA) is 52.3 Å². The second-order valence-corrected chi connectivity index (χ2v) is 3.82. The molecule has 0 amide bonds. The molecule has 0 fully saturated rings. The minimum absolute atomic E-state index is 0.495. The SMILES string of the molecule is Cn1c(=S)[nH]c2[nH]c(=S)[nH]c(=S)c21. The molecular weight excluding hydrogens is 224 g/mol. The molecule has 0 unspecified atom stereocenters. The number of nitrogens with zero attached hydrogens (tertiary/aromatic N) is 1. The van der Waals surface area contributed by atoms with Crippen molar-refractivity contribution in [3.05, 3.63) is 14.2 Å². The van der Waals surface area contributed by atoms with Crippen LogP contribution in [0.15, 0.2) is 0 Å². The van der Waals surface area contributed by atoms with Gasteiger partial charge in [0, 0.05) is 7.05 Å². The smallest absolute Gasteiger partial charge is 0.179 e. The van der Waals surface area contributed by atoms with Crippen LogP contribution in [0.1, 0.15) is 0 Å². The zero-order valence-corrected chi connectivity index (χ0v) is 9.12. The predicted molar refractivity (Wildman–Crippen MR) is 58.5 cm³/mol. The minimum Gasteiger partial charge on any atom is -0.322 e. The molecule has 0 aromatic carbocycles. The highest BCUT2D eigenvalue weighted by atomic mass is 32.1. The van der Waals surface area contributed by atoms with Gasteiger partial charge in [-0.15, -0.1) is 0 Å². The number of aromatic nitrogens is 4. The van der Waals surface area contributed by atoms with Crippen LogP contribution < -0.4 is 0 Å². The standard InChI is InChI=1S/C6H6N4S3/c1-10-2-3(8-6(10)13)7-5(12)9-4(2)11/h1H3,(H3,7,8,9,11,12,13). The van der Waals surface area contributed by atoms with Gasteiger partial charge in [0.15, 0.2) is 9.54 Å². The zero-order chi connectivity index (χ0) is 9.59. The number of fused-ring (bicyclic) bond motifs is 1. The molecule has 13 heavy (non-hydrogen) atoms. The van der Waals surface area contributed by atoms with Gasteiger partial charge in [-0.1, -0.05) is 12.2 Å². The molecule has 2 heterocycles. The Balaban J connectivity index is 3.22. The molecule has 0 radical (unpaired) electrons. The quantitative estimate of drug-likeness (QED) is 0.609. The van der Waals surface area contributed by atoms with Gasteiger partial charge < -0.3 is 19.5 Å². The number of hydrogen-bond acceptors (Lipinski definition) is 3. The van der Waals surface area contributed by atoms with Gasteiger partial charge >= 0.3 is 0 Å². The molecule has 0 bridgehead atoms. The molecule has 2 aromatic rings. The van der Waals surface area contributed by atoms with Crippen molar-refractivity contribution in [1.29, 1.82) is 0 Å². The lowest BCUT2D eigenvalue weighted by molar-refractivity contribution is 0.922. The van der Waals surface area contributed by atoms with Crippen LogP contribution in [0.2, 0.25) is 0 Å². The lowest BCUT2D eigenvalue weighted by Crippen LogP contribution is -1.90. The van der Waals surface area contributed by atoms with Crippen LogP contribution >= 0.6 is 36.7 Å². The molecule has 7 heteroatoms. The number of nitrogens with one attached hydrogen (secondary N) is 3. The van der Waals surface area contributed by atoms with Gasteiger partial charge in [-0.2, -0.15) is 0 Å². The van der Waals surface area contributed by atoms with Gasteiger partial charge in [0.25, 0.3) is 0 Å². The maximum absolute atomic E-state index is 5.11. The Morgan fingerprint density at radius 1 is 1.08 bits per heavy atom. The highest BCUT2D eigenvalue weighted by Crippen LogP contribution is 2.09. The normalized spacial score (nSPS) is 10.8. The Kier molecular flexibility index (Phi) is 1.94. The molecule has 0 spiro atoms. The predicted octanol–water partition coefficient (Wildman–Crippen LogP) is 2.35. The van der Waals surface area contributed by atoms with E-state index in [2.05, 4.69) is 15.0 Å². The van der Waals surface area contributed by atoms with E-state index in [4.69, 9.17) is 36.7 Å². The second kappa shape index (κ2) is 2.86.